The maximum atomic E-state index is 14.7. The molecule has 3 N–H and O–H groups in total. The van der Waals surface area contributed by atoms with Gasteiger partial charge in [-0.1, -0.05) is 42.5 Å². The van der Waals surface area contributed by atoms with Crippen molar-refractivity contribution in [2.45, 2.75) is 44.4 Å². The standard InChI is InChI=1S/C31H35F2N5O4/c1-37(19-31(40,20-38-22-34-21-35-38)28-14-11-26(32)17-29(28)33)18-25-7-5-23(6-8-25)4-2-3-15-42-27-12-9-24(10-13-27)16-30(39)36-41/h5-14,17,21-22,40-41H,2-4,15-16,18-20H2,1H3,(H,36,39). The maximum absolute atomic E-state index is 14.7. The number of amides is 1. The van der Waals surface area contributed by atoms with E-state index in [9.17, 15) is 18.7 Å². The van der Waals surface area contributed by atoms with Crippen LogP contribution in [0.25, 0.3) is 0 Å². The molecule has 0 aliphatic heterocycles. The van der Waals surface area contributed by atoms with Crippen LogP contribution in [0.3, 0.4) is 0 Å². The third kappa shape index (κ3) is 8.90. The number of carbonyl (C=O) groups excluding carboxylic acids is 1. The Bertz CT molecular complexity index is 1420. The molecule has 0 spiro atoms. The molecule has 0 saturated carbocycles. The highest BCUT2D eigenvalue weighted by molar-refractivity contribution is 5.77. The minimum absolute atomic E-state index is 0.00493. The Morgan fingerprint density at radius 2 is 1.74 bits per heavy atom. The first-order chi connectivity index (χ1) is 20.2. The number of likely N-dealkylation sites (N-methyl/N-ethyl adjacent to an activating group) is 1. The number of aliphatic hydroxyl groups is 1. The highest BCUT2D eigenvalue weighted by Crippen LogP contribution is 2.28. The zero-order valence-corrected chi connectivity index (χ0v) is 23.4. The Hall–Kier alpha value is -4.19. The van der Waals surface area contributed by atoms with E-state index in [0.29, 0.717) is 13.2 Å². The van der Waals surface area contributed by atoms with E-state index in [1.807, 2.05) is 24.1 Å². The largest absolute Gasteiger partial charge is 0.494 e. The van der Waals surface area contributed by atoms with E-state index < -0.39 is 23.1 Å². The van der Waals surface area contributed by atoms with E-state index in [4.69, 9.17) is 9.94 Å². The summed E-state index contributed by atoms with van der Waals surface area (Å²) in [5.41, 5.74) is 2.96. The summed E-state index contributed by atoms with van der Waals surface area (Å²) in [6.07, 6.45) is 5.61. The number of hydroxylamine groups is 1. The molecule has 0 aliphatic carbocycles. The van der Waals surface area contributed by atoms with Crippen LogP contribution in [-0.2, 0) is 36.3 Å². The van der Waals surface area contributed by atoms with E-state index >= 15 is 0 Å². The van der Waals surface area contributed by atoms with Crippen molar-refractivity contribution in [2.24, 2.45) is 0 Å². The molecule has 1 unspecified atom stereocenters. The highest BCUT2D eigenvalue weighted by Gasteiger charge is 2.34. The fraction of sp³-hybridized carbons (Fsp3) is 0.323. The van der Waals surface area contributed by atoms with Gasteiger partial charge in [0.25, 0.3) is 0 Å². The first-order valence-corrected chi connectivity index (χ1v) is 13.7. The van der Waals surface area contributed by atoms with Gasteiger partial charge in [-0.15, -0.1) is 0 Å². The zero-order valence-electron chi connectivity index (χ0n) is 23.4. The Labute approximate surface area is 243 Å². The fourth-order valence-electron chi connectivity index (χ4n) is 4.84. The van der Waals surface area contributed by atoms with E-state index in [2.05, 4.69) is 22.2 Å². The molecular formula is C31H35F2N5O4. The lowest BCUT2D eigenvalue weighted by atomic mass is 9.92. The molecule has 4 rings (SSSR count). The molecule has 9 nitrogen and oxygen atoms in total. The summed E-state index contributed by atoms with van der Waals surface area (Å²) in [5.74, 6) is -1.26. The Kier molecular flexibility index (Phi) is 10.7. The van der Waals surface area contributed by atoms with Crippen LogP contribution >= 0.6 is 0 Å². The van der Waals surface area contributed by atoms with Gasteiger partial charge in [-0.05, 0) is 61.2 Å². The van der Waals surface area contributed by atoms with Crippen molar-refractivity contribution in [3.63, 3.8) is 0 Å². The molecule has 0 radical (unpaired) electrons. The lowest BCUT2D eigenvalue weighted by Gasteiger charge is -2.33. The van der Waals surface area contributed by atoms with Gasteiger partial charge in [-0.3, -0.25) is 14.9 Å². The number of aromatic nitrogens is 3. The Morgan fingerprint density at radius 3 is 2.40 bits per heavy atom. The molecule has 1 amide bonds. The Morgan fingerprint density at radius 1 is 1.02 bits per heavy atom. The monoisotopic (exact) mass is 579 g/mol. The smallest absolute Gasteiger partial charge is 0.247 e. The second-order valence-corrected chi connectivity index (χ2v) is 10.4. The summed E-state index contributed by atoms with van der Waals surface area (Å²) in [6, 6.07) is 18.6. The topological polar surface area (TPSA) is 113 Å². The van der Waals surface area contributed by atoms with Crippen molar-refractivity contribution >= 4 is 5.91 Å². The summed E-state index contributed by atoms with van der Waals surface area (Å²) in [4.78, 5) is 17.0. The van der Waals surface area contributed by atoms with E-state index in [0.717, 1.165) is 48.3 Å². The third-order valence-corrected chi connectivity index (χ3v) is 6.87. The van der Waals surface area contributed by atoms with Crippen molar-refractivity contribution in [2.75, 3.05) is 20.2 Å². The van der Waals surface area contributed by atoms with E-state index in [-0.39, 0.29) is 25.1 Å². The first-order valence-electron chi connectivity index (χ1n) is 13.7. The van der Waals surface area contributed by atoms with E-state index in [1.165, 1.54) is 29.0 Å². The van der Waals surface area contributed by atoms with Gasteiger partial charge in [0, 0.05) is 24.7 Å². The first kappa shape index (κ1) is 30.8. The molecule has 1 aromatic heterocycles. The highest BCUT2D eigenvalue weighted by atomic mass is 19.1. The quantitative estimate of drug-likeness (QED) is 0.111. The van der Waals surface area contributed by atoms with Crippen molar-refractivity contribution in [1.29, 1.82) is 0 Å². The van der Waals surface area contributed by atoms with Gasteiger partial charge in [0.2, 0.25) is 5.91 Å². The molecule has 222 valence electrons. The van der Waals surface area contributed by atoms with Crippen LogP contribution < -0.4 is 10.2 Å². The lowest BCUT2D eigenvalue weighted by Crippen LogP contribution is -2.43. The van der Waals surface area contributed by atoms with Gasteiger partial charge in [0.1, 0.15) is 35.6 Å². The molecule has 1 heterocycles. The molecule has 0 saturated heterocycles. The summed E-state index contributed by atoms with van der Waals surface area (Å²) in [6.45, 7) is 1.13. The molecule has 11 heteroatoms. The second kappa shape index (κ2) is 14.6. The molecule has 0 bridgehead atoms. The van der Waals surface area contributed by atoms with Crippen LogP contribution in [-0.4, -0.2) is 56.1 Å². The van der Waals surface area contributed by atoms with Crippen LogP contribution in [0.4, 0.5) is 8.78 Å². The third-order valence-electron chi connectivity index (χ3n) is 6.87. The van der Waals surface area contributed by atoms with Crippen molar-refractivity contribution in [3.8, 4) is 5.75 Å². The number of hydrogen-bond acceptors (Lipinski definition) is 7. The minimum atomic E-state index is -1.67. The van der Waals surface area contributed by atoms with Gasteiger partial charge in [-0.25, -0.2) is 23.9 Å². The molecule has 42 heavy (non-hydrogen) atoms. The number of rotatable bonds is 15. The number of halogens is 2. The molecule has 0 fully saturated rings. The van der Waals surface area contributed by atoms with Gasteiger partial charge in [0.05, 0.1) is 19.6 Å². The summed E-state index contributed by atoms with van der Waals surface area (Å²) in [7, 11) is 1.83. The number of nitrogens with zero attached hydrogens (tertiary/aromatic N) is 4. The number of hydrogen-bond donors (Lipinski definition) is 3. The van der Waals surface area contributed by atoms with Crippen LogP contribution in [0.5, 0.6) is 5.75 Å². The molecule has 1 atom stereocenters. The SMILES string of the molecule is CN(Cc1ccc(CCCCOc2ccc(CC(=O)NO)cc2)cc1)CC(O)(Cn1cncn1)c1ccc(F)cc1F. The molecule has 4 aromatic rings. The van der Waals surface area contributed by atoms with Gasteiger partial charge < -0.3 is 9.84 Å². The fourth-order valence-corrected chi connectivity index (χ4v) is 4.84. The number of ether oxygens (including phenoxy) is 1. The van der Waals surface area contributed by atoms with Gasteiger partial charge >= 0.3 is 0 Å². The van der Waals surface area contributed by atoms with Crippen LogP contribution in [0.2, 0.25) is 0 Å². The predicted octanol–water partition coefficient (Wildman–Crippen LogP) is 4.03. The molecule has 0 aliphatic rings. The zero-order chi connectivity index (χ0) is 30.0. The van der Waals surface area contributed by atoms with Crippen LogP contribution in [0, 0.1) is 11.6 Å². The average molecular weight is 580 g/mol. The number of benzene rings is 3. The number of unbranched alkanes of at least 4 members (excludes halogenated alkanes) is 1. The number of nitrogens with one attached hydrogen (secondary N) is 1. The maximum Gasteiger partial charge on any atom is 0.247 e. The lowest BCUT2D eigenvalue weighted by molar-refractivity contribution is -0.128. The normalized spacial score (nSPS) is 12.7. The summed E-state index contributed by atoms with van der Waals surface area (Å²) >= 11 is 0. The predicted molar refractivity (Wildman–Crippen MR) is 152 cm³/mol. The van der Waals surface area contributed by atoms with Crippen molar-refractivity contribution < 1.29 is 28.6 Å². The van der Waals surface area contributed by atoms with Crippen molar-refractivity contribution in [1.82, 2.24) is 25.1 Å². The van der Waals surface area contributed by atoms with Crippen molar-refractivity contribution in [3.05, 3.63) is 113 Å². The van der Waals surface area contributed by atoms with Gasteiger partial charge in [0.15, 0.2) is 0 Å². The van der Waals surface area contributed by atoms with Gasteiger partial charge in [-0.2, -0.15) is 5.10 Å². The molecular weight excluding hydrogens is 544 g/mol. The second-order valence-electron chi connectivity index (χ2n) is 10.4. The Balaban J connectivity index is 1.25. The molecule has 3 aromatic carbocycles. The minimum Gasteiger partial charge on any atom is -0.494 e. The number of carbonyl (C=O) groups is 1. The summed E-state index contributed by atoms with van der Waals surface area (Å²) in [5, 5.41) is 24.2. The number of aryl methyl sites for hydroxylation is 1. The average Bonchev–Trinajstić information content (AvgIpc) is 3.47. The van der Waals surface area contributed by atoms with Crippen LogP contribution in [0.1, 0.15) is 35.1 Å². The van der Waals surface area contributed by atoms with Crippen LogP contribution in [0.15, 0.2) is 79.4 Å². The summed E-state index contributed by atoms with van der Waals surface area (Å²) < 4.78 is 35.5. The van der Waals surface area contributed by atoms with E-state index in [1.54, 1.807) is 29.7 Å².